The molecular formula is C16H27NO2. The zero-order valence-corrected chi connectivity index (χ0v) is 13.0. The summed E-state index contributed by atoms with van der Waals surface area (Å²) in [5, 5.41) is 12.8. The summed E-state index contributed by atoms with van der Waals surface area (Å²) in [6.45, 7) is 11.5. The topological polar surface area (TPSA) is 41.5 Å². The van der Waals surface area contributed by atoms with Crippen LogP contribution < -0.4 is 10.1 Å². The minimum atomic E-state index is 0.205. The summed E-state index contributed by atoms with van der Waals surface area (Å²) in [5.74, 6) is 1.62. The molecule has 1 rings (SSSR count). The fourth-order valence-electron chi connectivity index (χ4n) is 2.27. The molecule has 0 aliphatic rings. The van der Waals surface area contributed by atoms with E-state index in [0.717, 1.165) is 18.0 Å². The highest BCUT2D eigenvalue weighted by Crippen LogP contribution is 2.34. The molecule has 0 radical (unpaired) electrons. The molecule has 1 aromatic carbocycles. The molecule has 3 heteroatoms. The third kappa shape index (κ3) is 3.63. The van der Waals surface area contributed by atoms with E-state index < -0.39 is 0 Å². The van der Waals surface area contributed by atoms with Crippen LogP contribution in [-0.2, 0) is 0 Å². The average Bonchev–Trinajstić information content (AvgIpc) is 2.35. The molecule has 0 saturated carbocycles. The second kappa shape index (κ2) is 6.80. The van der Waals surface area contributed by atoms with Gasteiger partial charge in [-0.2, -0.15) is 0 Å². The SMILES string of the molecule is COc1c(C)c(C)cc(C)c1NCC(CO)C(C)C. The van der Waals surface area contributed by atoms with E-state index in [1.54, 1.807) is 7.11 Å². The van der Waals surface area contributed by atoms with Gasteiger partial charge in [-0.25, -0.2) is 0 Å². The Kier molecular flexibility index (Phi) is 5.67. The molecule has 0 aromatic heterocycles. The van der Waals surface area contributed by atoms with Crippen LogP contribution in [0.3, 0.4) is 0 Å². The number of hydrogen-bond donors (Lipinski definition) is 2. The fraction of sp³-hybridized carbons (Fsp3) is 0.625. The minimum Gasteiger partial charge on any atom is -0.494 e. The number of rotatable bonds is 6. The second-order valence-corrected chi connectivity index (χ2v) is 5.61. The first-order valence-corrected chi connectivity index (χ1v) is 6.91. The number of aliphatic hydroxyl groups is 1. The molecule has 0 aliphatic carbocycles. The lowest BCUT2D eigenvalue weighted by molar-refractivity contribution is 0.198. The average molecular weight is 265 g/mol. The number of ether oxygens (including phenoxy) is 1. The lowest BCUT2D eigenvalue weighted by Gasteiger charge is -2.23. The van der Waals surface area contributed by atoms with Crippen LogP contribution in [0.25, 0.3) is 0 Å². The van der Waals surface area contributed by atoms with Gasteiger partial charge in [0.1, 0.15) is 5.75 Å². The van der Waals surface area contributed by atoms with Crippen molar-refractivity contribution in [2.45, 2.75) is 34.6 Å². The van der Waals surface area contributed by atoms with Gasteiger partial charge in [0.25, 0.3) is 0 Å². The highest BCUT2D eigenvalue weighted by Gasteiger charge is 2.16. The number of anilines is 1. The largest absolute Gasteiger partial charge is 0.494 e. The normalized spacial score (nSPS) is 12.6. The van der Waals surface area contributed by atoms with Crippen molar-refractivity contribution in [3.63, 3.8) is 0 Å². The first-order valence-electron chi connectivity index (χ1n) is 6.91. The summed E-state index contributed by atoms with van der Waals surface area (Å²) in [6, 6.07) is 2.17. The summed E-state index contributed by atoms with van der Waals surface area (Å²) in [4.78, 5) is 0. The molecule has 2 N–H and O–H groups in total. The van der Waals surface area contributed by atoms with Crippen LogP contribution in [0.5, 0.6) is 5.75 Å². The van der Waals surface area contributed by atoms with Gasteiger partial charge >= 0.3 is 0 Å². The molecule has 0 spiro atoms. The minimum absolute atomic E-state index is 0.205. The van der Waals surface area contributed by atoms with Crippen molar-refractivity contribution in [3.05, 3.63) is 22.8 Å². The maximum Gasteiger partial charge on any atom is 0.145 e. The van der Waals surface area contributed by atoms with E-state index in [4.69, 9.17) is 4.74 Å². The van der Waals surface area contributed by atoms with Crippen molar-refractivity contribution < 1.29 is 9.84 Å². The van der Waals surface area contributed by atoms with Crippen LogP contribution in [0, 0.1) is 32.6 Å². The smallest absolute Gasteiger partial charge is 0.145 e. The summed E-state index contributed by atoms with van der Waals surface area (Å²) < 4.78 is 5.54. The molecule has 19 heavy (non-hydrogen) atoms. The van der Waals surface area contributed by atoms with E-state index >= 15 is 0 Å². The Morgan fingerprint density at radius 2 is 1.84 bits per heavy atom. The molecule has 108 valence electrons. The maximum atomic E-state index is 9.40. The Bertz CT molecular complexity index is 427. The van der Waals surface area contributed by atoms with Crippen molar-refractivity contribution in [2.24, 2.45) is 11.8 Å². The maximum absolute atomic E-state index is 9.40. The first-order chi connectivity index (χ1) is 8.92. The molecule has 3 nitrogen and oxygen atoms in total. The molecule has 0 fully saturated rings. The van der Waals surface area contributed by atoms with Gasteiger partial charge in [0.15, 0.2) is 0 Å². The predicted octanol–water partition coefficient (Wildman–Crippen LogP) is 3.30. The molecule has 0 heterocycles. The molecule has 0 aliphatic heterocycles. The van der Waals surface area contributed by atoms with Gasteiger partial charge in [0, 0.05) is 19.1 Å². The zero-order chi connectivity index (χ0) is 14.6. The molecular weight excluding hydrogens is 238 g/mol. The van der Waals surface area contributed by atoms with Gasteiger partial charge in [-0.1, -0.05) is 19.9 Å². The Morgan fingerprint density at radius 1 is 1.21 bits per heavy atom. The van der Waals surface area contributed by atoms with E-state index in [1.807, 2.05) is 0 Å². The van der Waals surface area contributed by atoms with E-state index in [1.165, 1.54) is 16.7 Å². The Hall–Kier alpha value is -1.22. The first kappa shape index (κ1) is 15.8. The number of nitrogens with one attached hydrogen (secondary N) is 1. The molecule has 0 saturated heterocycles. The third-order valence-electron chi connectivity index (χ3n) is 3.91. The number of benzene rings is 1. The van der Waals surface area contributed by atoms with Gasteiger partial charge in [0.05, 0.1) is 12.8 Å². The van der Waals surface area contributed by atoms with Crippen LogP contribution in [0.1, 0.15) is 30.5 Å². The molecule has 1 atom stereocenters. The summed E-state index contributed by atoms with van der Waals surface area (Å²) in [6.07, 6.45) is 0. The number of methoxy groups -OCH3 is 1. The van der Waals surface area contributed by atoms with Crippen molar-refractivity contribution in [2.75, 3.05) is 25.6 Å². The van der Waals surface area contributed by atoms with Gasteiger partial charge in [-0.15, -0.1) is 0 Å². The van der Waals surface area contributed by atoms with E-state index in [-0.39, 0.29) is 12.5 Å². The van der Waals surface area contributed by atoms with E-state index in [9.17, 15) is 5.11 Å². The molecule has 1 unspecified atom stereocenters. The monoisotopic (exact) mass is 265 g/mol. The van der Waals surface area contributed by atoms with Crippen molar-refractivity contribution in [1.29, 1.82) is 0 Å². The zero-order valence-electron chi connectivity index (χ0n) is 13.0. The van der Waals surface area contributed by atoms with Crippen LogP contribution >= 0.6 is 0 Å². The second-order valence-electron chi connectivity index (χ2n) is 5.61. The standard InChI is InChI=1S/C16H27NO2/c1-10(2)14(9-18)8-17-15-12(4)7-11(3)13(5)16(15)19-6/h7,10,14,17-18H,8-9H2,1-6H3. The van der Waals surface area contributed by atoms with Crippen molar-refractivity contribution in [1.82, 2.24) is 0 Å². The summed E-state index contributed by atoms with van der Waals surface area (Å²) >= 11 is 0. The quantitative estimate of drug-likeness (QED) is 0.829. The van der Waals surface area contributed by atoms with Gasteiger partial charge in [0.2, 0.25) is 0 Å². The van der Waals surface area contributed by atoms with Crippen LogP contribution in [0.15, 0.2) is 6.07 Å². The fourth-order valence-corrected chi connectivity index (χ4v) is 2.27. The van der Waals surface area contributed by atoms with Gasteiger partial charge in [-0.3, -0.25) is 0 Å². The van der Waals surface area contributed by atoms with Crippen molar-refractivity contribution >= 4 is 5.69 Å². The number of aryl methyl sites for hydroxylation is 2. The Balaban J connectivity index is 2.98. The summed E-state index contributed by atoms with van der Waals surface area (Å²) in [7, 11) is 1.71. The van der Waals surface area contributed by atoms with E-state index in [2.05, 4.69) is 46.0 Å². The van der Waals surface area contributed by atoms with E-state index in [0.29, 0.717) is 5.92 Å². The molecule has 0 amide bonds. The Morgan fingerprint density at radius 3 is 2.32 bits per heavy atom. The lowest BCUT2D eigenvalue weighted by Crippen LogP contribution is -2.23. The molecule has 1 aromatic rings. The highest BCUT2D eigenvalue weighted by molar-refractivity contribution is 5.66. The van der Waals surface area contributed by atoms with Crippen LogP contribution in [0.2, 0.25) is 0 Å². The van der Waals surface area contributed by atoms with Gasteiger partial charge in [-0.05, 0) is 43.4 Å². The predicted molar refractivity (Wildman–Crippen MR) is 81.1 cm³/mol. The lowest BCUT2D eigenvalue weighted by atomic mass is 9.96. The van der Waals surface area contributed by atoms with Gasteiger partial charge < -0.3 is 15.2 Å². The summed E-state index contributed by atoms with van der Waals surface area (Å²) in [5.41, 5.74) is 4.63. The third-order valence-corrected chi connectivity index (χ3v) is 3.91. The van der Waals surface area contributed by atoms with Crippen LogP contribution in [-0.4, -0.2) is 25.4 Å². The number of hydrogen-bond acceptors (Lipinski definition) is 3. The number of aliphatic hydroxyl groups excluding tert-OH is 1. The van der Waals surface area contributed by atoms with Crippen LogP contribution in [0.4, 0.5) is 5.69 Å². The Labute approximate surface area is 117 Å². The molecule has 0 bridgehead atoms. The van der Waals surface area contributed by atoms with Crippen molar-refractivity contribution in [3.8, 4) is 5.75 Å². The highest BCUT2D eigenvalue weighted by atomic mass is 16.5.